The van der Waals surface area contributed by atoms with Crippen LogP contribution in [0.2, 0.25) is 0 Å². The van der Waals surface area contributed by atoms with Gasteiger partial charge < -0.3 is 11.5 Å². The van der Waals surface area contributed by atoms with Crippen LogP contribution in [0, 0.1) is 5.41 Å². The fourth-order valence-electron chi connectivity index (χ4n) is 0.269. The molecule has 0 aliphatic carbocycles. The number of amidine groups is 1. The minimum Gasteiger partial charge on any atom is -0.388 e. The Morgan fingerprint density at radius 2 is 2.00 bits per heavy atom. The molecule has 0 aliphatic rings. The van der Waals surface area contributed by atoms with E-state index in [0.29, 0.717) is 0 Å². The molecule has 0 atom stereocenters. The molecular weight excluding hydrogens is 102 g/mol. The molecule has 5 N–H and O–H groups in total. The molecule has 0 aromatic carbocycles. The van der Waals surface area contributed by atoms with Gasteiger partial charge in [0.05, 0.1) is 5.84 Å². The second kappa shape index (κ2) is 9.66. The summed E-state index contributed by atoms with van der Waals surface area (Å²) in [6.07, 6.45) is 1.72. The smallest absolute Gasteiger partial charge is 0.0905 e. The van der Waals surface area contributed by atoms with Crippen molar-refractivity contribution in [3.05, 3.63) is 0 Å². The lowest BCUT2D eigenvalue weighted by molar-refractivity contribution is 0.976. The quantitative estimate of drug-likeness (QED) is 0.373. The van der Waals surface area contributed by atoms with Crippen LogP contribution < -0.4 is 11.5 Å². The molecule has 0 aromatic heterocycles. The fraction of sp³-hybridized carbons (Fsp3) is 0.800. The molecule has 0 spiro atoms. The van der Waals surface area contributed by atoms with E-state index in [1.54, 1.807) is 0 Å². The molecule has 0 saturated carbocycles. The SMILES string of the molecule is CCCC(=N)N.CN.[HH].[HH]. The molecule has 0 saturated heterocycles. The zero-order valence-corrected chi connectivity index (χ0v) is 5.57. The lowest BCUT2D eigenvalue weighted by atomic mass is 10.3. The molecule has 0 amide bonds. The first kappa shape index (κ1) is 10.4. The molecule has 0 aromatic rings. The molecule has 0 unspecified atom stereocenters. The standard InChI is InChI=1S/C4H10N2.CH5N.2H2/c1-2-3-4(5)6;1-2;;/h2-3H2,1H3,(H3,5,6);2H2,1H3;2*1H. The Hall–Kier alpha value is -0.570. The Kier molecular flexibility index (Phi) is 12.6. The molecule has 54 valence electrons. The molecule has 3 nitrogen and oxygen atoms in total. The Labute approximate surface area is 53.5 Å². The highest BCUT2D eigenvalue weighted by Gasteiger charge is 1.79. The van der Waals surface area contributed by atoms with Crippen molar-refractivity contribution in [1.29, 1.82) is 5.41 Å². The van der Waals surface area contributed by atoms with Gasteiger partial charge >= 0.3 is 0 Å². The highest BCUT2D eigenvalue weighted by Crippen LogP contribution is 1.80. The van der Waals surface area contributed by atoms with Crippen LogP contribution in [-0.2, 0) is 0 Å². The van der Waals surface area contributed by atoms with Crippen molar-refractivity contribution in [3.8, 4) is 0 Å². The summed E-state index contributed by atoms with van der Waals surface area (Å²) in [4.78, 5) is 0. The van der Waals surface area contributed by atoms with E-state index in [0.717, 1.165) is 12.8 Å². The largest absolute Gasteiger partial charge is 0.388 e. The van der Waals surface area contributed by atoms with E-state index in [1.165, 1.54) is 7.05 Å². The van der Waals surface area contributed by atoms with Crippen LogP contribution in [0.3, 0.4) is 0 Å². The van der Waals surface area contributed by atoms with Gasteiger partial charge in [0, 0.05) is 9.27 Å². The summed E-state index contributed by atoms with van der Waals surface area (Å²) in [6, 6.07) is 0. The summed E-state index contributed by atoms with van der Waals surface area (Å²) in [5.41, 5.74) is 9.49. The van der Waals surface area contributed by atoms with Crippen molar-refractivity contribution in [1.82, 2.24) is 0 Å². The second-order valence-electron chi connectivity index (χ2n) is 1.28. The highest BCUT2D eigenvalue weighted by molar-refractivity contribution is 5.76. The monoisotopic (exact) mass is 121 g/mol. The van der Waals surface area contributed by atoms with Crippen molar-refractivity contribution in [3.63, 3.8) is 0 Å². The van der Waals surface area contributed by atoms with Gasteiger partial charge in [-0.1, -0.05) is 6.92 Å². The zero-order chi connectivity index (χ0) is 6.99. The van der Waals surface area contributed by atoms with E-state index < -0.39 is 0 Å². The van der Waals surface area contributed by atoms with Crippen LogP contribution in [0.25, 0.3) is 0 Å². The number of rotatable bonds is 2. The van der Waals surface area contributed by atoms with Crippen molar-refractivity contribution in [2.75, 3.05) is 7.05 Å². The predicted molar refractivity (Wildman–Crippen MR) is 41.2 cm³/mol. The number of nitrogens with two attached hydrogens (primary N) is 2. The second-order valence-corrected chi connectivity index (χ2v) is 1.28. The summed E-state index contributed by atoms with van der Waals surface area (Å²) in [5, 5.41) is 6.67. The van der Waals surface area contributed by atoms with Gasteiger partial charge in [0.25, 0.3) is 0 Å². The van der Waals surface area contributed by atoms with Crippen LogP contribution in [0.5, 0.6) is 0 Å². The number of hydrogen-bond donors (Lipinski definition) is 3. The van der Waals surface area contributed by atoms with Gasteiger partial charge in [0.2, 0.25) is 0 Å². The van der Waals surface area contributed by atoms with Gasteiger partial charge in [-0.25, -0.2) is 0 Å². The van der Waals surface area contributed by atoms with Crippen LogP contribution in [-0.4, -0.2) is 12.9 Å². The van der Waals surface area contributed by atoms with E-state index in [1.807, 2.05) is 6.92 Å². The number of hydrogen-bond acceptors (Lipinski definition) is 2. The van der Waals surface area contributed by atoms with Crippen LogP contribution >= 0.6 is 0 Å². The Bertz CT molecular complexity index is 58.9. The van der Waals surface area contributed by atoms with Crippen LogP contribution in [0.15, 0.2) is 0 Å². The number of nitrogens with one attached hydrogen (secondary N) is 1. The molecule has 0 radical (unpaired) electrons. The summed E-state index contributed by atoms with van der Waals surface area (Å²) >= 11 is 0. The third kappa shape index (κ3) is 18.0. The Morgan fingerprint density at radius 1 is 1.62 bits per heavy atom. The van der Waals surface area contributed by atoms with Gasteiger partial charge in [-0.15, -0.1) is 0 Å². The molecule has 0 rings (SSSR count). The van der Waals surface area contributed by atoms with E-state index in [9.17, 15) is 0 Å². The first-order valence-electron chi connectivity index (χ1n) is 2.68. The van der Waals surface area contributed by atoms with E-state index in [-0.39, 0.29) is 8.69 Å². The molecule has 0 fully saturated rings. The summed E-state index contributed by atoms with van der Waals surface area (Å²) in [6.45, 7) is 2.00. The van der Waals surface area contributed by atoms with Gasteiger partial charge in [0.1, 0.15) is 0 Å². The third-order valence-electron chi connectivity index (χ3n) is 0.519. The Morgan fingerprint density at radius 3 is 2.00 bits per heavy atom. The van der Waals surface area contributed by atoms with Crippen molar-refractivity contribution in [2.24, 2.45) is 11.5 Å². The minimum absolute atomic E-state index is 0. The maximum Gasteiger partial charge on any atom is 0.0905 e. The summed E-state index contributed by atoms with van der Waals surface area (Å²) in [7, 11) is 1.50. The fourth-order valence-corrected chi connectivity index (χ4v) is 0.269. The van der Waals surface area contributed by atoms with E-state index >= 15 is 0 Å². The first-order chi connectivity index (χ1) is 3.77. The van der Waals surface area contributed by atoms with Crippen molar-refractivity contribution in [2.45, 2.75) is 19.8 Å². The molecular formula is C5H19N3. The summed E-state index contributed by atoms with van der Waals surface area (Å²) in [5.74, 6) is 0.289. The average molecular weight is 121 g/mol. The van der Waals surface area contributed by atoms with Crippen LogP contribution in [0.1, 0.15) is 22.6 Å². The first-order valence-corrected chi connectivity index (χ1v) is 2.68. The van der Waals surface area contributed by atoms with Gasteiger partial charge in [0.15, 0.2) is 0 Å². The summed E-state index contributed by atoms with van der Waals surface area (Å²) < 4.78 is 0. The van der Waals surface area contributed by atoms with E-state index in [2.05, 4.69) is 5.73 Å². The lowest BCUT2D eigenvalue weighted by Gasteiger charge is -1.85. The molecule has 0 aliphatic heterocycles. The maximum atomic E-state index is 6.67. The highest BCUT2D eigenvalue weighted by atomic mass is 14.7. The normalized spacial score (nSPS) is 6.88. The predicted octanol–water partition coefficient (Wildman–Crippen LogP) is 0.789. The third-order valence-corrected chi connectivity index (χ3v) is 0.519. The molecule has 3 heteroatoms. The van der Waals surface area contributed by atoms with Gasteiger partial charge in [-0.05, 0) is 13.5 Å². The molecule has 0 heterocycles. The van der Waals surface area contributed by atoms with Gasteiger partial charge in [-0.2, -0.15) is 0 Å². The van der Waals surface area contributed by atoms with Crippen molar-refractivity contribution >= 4 is 5.84 Å². The van der Waals surface area contributed by atoms with Gasteiger partial charge in [-0.3, -0.25) is 5.41 Å². The topological polar surface area (TPSA) is 75.9 Å². The average Bonchev–Trinajstić information content (AvgIpc) is 1.72. The lowest BCUT2D eigenvalue weighted by Crippen LogP contribution is -2.07. The maximum absolute atomic E-state index is 6.67. The minimum atomic E-state index is 0. The zero-order valence-electron chi connectivity index (χ0n) is 5.57. The molecule has 8 heavy (non-hydrogen) atoms. The van der Waals surface area contributed by atoms with Crippen molar-refractivity contribution < 1.29 is 2.85 Å². The van der Waals surface area contributed by atoms with E-state index in [4.69, 9.17) is 11.1 Å². The molecule has 0 bridgehead atoms. The Balaban J connectivity index is -0.0000000412. The van der Waals surface area contributed by atoms with Crippen LogP contribution in [0.4, 0.5) is 0 Å².